The zero-order valence-electron chi connectivity index (χ0n) is 11.5. The summed E-state index contributed by atoms with van der Waals surface area (Å²) in [5.74, 6) is 0. The lowest BCUT2D eigenvalue weighted by molar-refractivity contribution is -0.138. The maximum absolute atomic E-state index is 12.9. The van der Waals surface area contributed by atoms with Gasteiger partial charge in [0, 0.05) is 21.0 Å². The molecule has 0 amide bonds. The van der Waals surface area contributed by atoms with Gasteiger partial charge in [-0.25, -0.2) is 0 Å². The van der Waals surface area contributed by atoms with E-state index in [-0.39, 0.29) is 0 Å². The van der Waals surface area contributed by atoms with Gasteiger partial charge in [-0.05, 0) is 49.7 Å². The van der Waals surface area contributed by atoms with Crippen LogP contribution in [0.1, 0.15) is 17.7 Å². The lowest BCUT2D eigenvalue weighted by atomic mass is 10.2. The summed E-state index contributed by atoms with van der Waals surface area (Å²) in [6, 6.07) is 8.06. The second kappa shape index (κ2) is 7.35. The molecule has 0 aliphatic rings. The van der Waals surface area contributed by atoms with Crippen LogP contribution in [0.4, 0.5) is 13.2 Å². The van der Waals surface area contributed by atoms with Crippen molar-refractivity contribution in [2.45, 2.75) is 28.8 Å². The minimum absolute atomic E-state index is 0.466. The SMILES string of the molecule is NCCCc1ncc(C(F)(F)F)cc1Sc1ccc(Cl)cc1. The van der Waals surface area contributed by atoms with Gasteiger partial charge in [0.05, 0.1) is 11.3 Å². The average Bonchev–Trinajstić information content (AvgIpc) is 2.47. The van der Waals surface area contributed by atoms with Crippen LogP contribution in [0.2, 0.25) is 5.02 Å². The Morgan fingerprint density at radius 2 is 1.86 bits per heavy atom. The number of hydrogen-bond acceptors (Lipinski definition) is 3. The molecule has 1 heterocycles. The zero-order chi connectivity index (χ0) is 16.2. The number of aromatic nitrogens is 1. The predicted molar refractivity (Wildman–Crippen MR) is 82.2 cm³/mol. The maximum atomic E-state index is 12.9. The molecule has 2 N–H and O–H groups in total. The third-order valence-corrected chi connectivity index (χ3v) is 4.25. The molecule has 2 nitrogen and oxygen atoms in total. The standard InChI is InChI=1S/C15H14ClF3N2S/c16-11-3-5-12(6-4-11)22-14-8-10(15(17,18)19)9-21-13(14)2-1-7-20/h3-6,8-9H,1-2,7,20H2. The fourth-order valence-corrected chi connectivity index (χ4v) is 2.91. The molecular weight excluding hydrogens is 333 g/mol. The normalized spacial score (nSPS) is 11.7. The van der Waals surface area contributed by atoms with Crippen LogP contribution < -0.4 is 5.73 Å². The van der Waals surface area contributed by atoms with E-state index in [9.17, 15) is 13.2 Å². The number of aryl methyl sites for hydroxylation is 1. The Labute approximate surface area is 135 Å². The van der Waals surface area contributed by atoms with Gasteiger partial charge < -0.3 is 5.73 Å². The van der Waals surface area contributed by atoms with E-state index >= 15 is 0 Å². The maximum Gasteiger partial charge on any atom is 0.417 e. The molecule has 0 atom stereocenters. The first-order chi connectivity index (χ1) is 10.4. The topological polar surface area (TPSA) is 38.9 Å². The third kappa shape index (κ3) is 4.63. The zero-order valence-corrected chi connectivity index (χ0v) is 13.1. The minimum atomic E-state index is -4.41. The van der Waals surface area contributed by atoms with Crippen molar-refractivity contribution >= 4 is 23.4 Å². The lowest BCUT2D eigenvalue weighted by Crippen LogP contribution is -2.08. The number of nitrogens with zero attached hydrogens (tertiary/aromatic N) is 1. The molecule has 2 rings (SSSR count). The molecule has 0 spiro atoms. The summed E-state index contributed by atoms with van der Waals surface area (Å²) < 4.78 is 38.6. The first-order valence-electron chi connectivity index (χ1n) is 6.60. The Morgan fingerprint density at radius 1 is 1.18 bits per heavy atom. The van der Waals surface area contributed by atoms with Gasteiger partial charge in [0.15, 0.2) is 0 Å². The van der Waals surface area contributed by atoms with Gasteiger partial charge >= 0.3 is 6.18 Å². The van der Waals surface area contributed by atoms with E-state index in [2.05, 4.69) is 4.98 Å². The van der Waals surface area contributed by atoms with Crippen LogP contribution in [0.25, 0.3) is 0 Å². The van der Waals surface area contributed by atoms with Crippen LogP contribution in [0.15, 0.2) is 46.3 Å². The largest absolute Gasteiger partial charge is 0.417 e. The average molecular weight is 347 g/mol. The predicted octanol–water partition coefficient (Wildman–Crippen LogP) is 4.80. The number of nitrogens with two attached hydrogens (primary N) is 1. The molecule has 0 radical (unpaired) electrons. The van der Waals surface area contributed by atoms with Gasteiger partial charge in [-0.3, -0.25) is 4.98 Å². The smallest absolute Gasteiger partial charge is 0.330 e. The molecule has 0 fully saturated rings. The Balaban J connectivity index is 2.33. The van der Waals surface area contributed by atoms with Crippen molar-refractivity contribution in [1.82, 2.24) is 4.98 Å². The van der Waals surface area contributed by atoms with Gasteiger partial charge in [0.25, 0.3) is 0 Å². The summed E-state index contributed by atoms with van der Waals surface area (Å²) in [6.07, 6.45) is -2.32. The van der Waals surface area contributed by atoms with E-state index in [1.165, 1.54) is 11.8 Å². The van der Waals surface area contributed by atoms with E-state index in [0.717, 1.165) is 17.2 Å². The highest BCUT2D eigenvalue weighted by atomic mass is 35.5. The molecule has 0 unspecified atom stereocenters. The number of alkyl halides is 3. The van der Waals surface area contributed by atoms with Gasteiger partial charge in [0.1, 0.15) is 0 Å². The number of pyridine rings is 1. The number of benzene rings is 1. The highest BCUT2D eigenvalue weighted by Crippen LogP contribution is 2.36. The van der Waals surface area contributed by atoms with Crippen LogP contribution in [0.5, 0.6) is 0 Å². The van der Waals surface area contributed by atoms with Crippen molar-refractivity contribution in [3.63, 3.8) is 0 Å². The lowest BCUT2D eigenvalue weighted by Gasteiger charge is -2.12. The first-order valence-corrected chi connectivity index (χ1v) is 7.79. The Kier molecular flexibility index (Phi) is 5.72. The summed E-state index contributed by atoms with van der Waals surface area (Å²) in [5.41, 5.74) is 5.34. The molecule has 7 heteroatoms. The Bertz CT molecular complexity index is 630. The summed E-state index contributed by atoms with van der Waals surface area (Å²) in [7, 11) is 0. The van der Waals surface area contributed by atoms with Crippen LogP contribution >= 0.6 is 23.4 Å². The quantitative estimate of drug-likeness (QED) is 0.845. The third-order valence-electron chi connectivity index (χ3n) is 2.92. The molecular formula is C15H14ClF3N2S. The van der Waals surface area contributed by atoms with Gasteiger partial charge in [0.2, 0.25) is 0 Å². The highest BCUT2D eigenvalue weighted by molar-refractivity contribution is 7.99. The van der Waals surface area contributed by atoms with Crippen LogP contribution in [-0.4, -0.2) is 11.5 Å². The molecule has 0 saturated carbocycles. The number of halogens is 4. The van der Waals surface area contributed by atoms with Crippen LogP contribution in [-0.2, 0) is 12.6 Å². The number of rotatable bonds is 5. The Hall–Kier alpha value is -1.24. The molecule has 2 aromatic rings. The summed E-state index contributed by atoms with van der Waals surface area (Å²) in [6.45, 7) is 0.466. The molecule has 22 heavy (non-hydrogen) atoms. The molecule has 118 valence electrons. The van der Waals surface area contributed by atoms with Crippen molar-refractivity contribution in [2.75, 3.05) is 6.54 Å². The summed E-state index contributed by atoms with van der Waals surface area (Å²) >= 11 is 7.06. The van der Waals surface area contributed by atoms with Gasteiger partial charge in [-0.2, -0.15) is 13.2 Å². The number of hydrogen-bond donors (Lipinski definition) is 1. The second-order valence-electron chi connectivity index (χ2n) is 4.61. The van der Waals surface area contributed by atoms with E-state index in [0.29, 0.717) is 35.0 Å². The van der Waals surface area contributed by atoms with Crippen LogP contribution in [0, 0.1) is 0 Å². The molecule has 0 bridgehead atoms. The van der Waals surface area contributed by atoms with E-state index in [1.54, 1.807) is 24.3 Å². The van der Waals surface area contributed by atoms with Crippen molar-refractivity contribution in [3.05, 3.63) is 52.8 Å². The van der Waals surface area contributed by atoms with Crippen molar-refractivity contribution in [1.29, 1.82) is 0 Å². The van der Waals surface area contributed by atoms with E-state index in [1.807, 2.05) is 0 Å². The van der Waals surface area contributed by atoms with E-state index < -0.39 is 11.7 Å². The minimum Gasteiger partial charge on any atom is -0.330 e. The Morgan fingerprint density at radius 3 is 2.45 bits per heavy atom. The van der Waals surface area contributed by atoms with Crippen molar-refractivity contribution < 1.29 is 13.2 Å². The van der Waals surface area contributed by atoms with Gasteiger partial charge in [-0.1, -0.05) is 23.4 Å². The fraction of sp³-hybridized carbons (Fsp3) is 0.267. The molecule has 0 saturated heterocycles. The molecule has 0 aliphatic carbocycles. The first kappa shape index (κ1) is 17.1. The monoisotopic (exact) mass is 346 g/mol. The van der Waals surface area contributed by atoms with Crippen LogP contribution in [0.3, 0.4) is 0 Å². The van der Waals surface area contributed by atoms with Crippen molar-refractivity contribution in [3.8, 4) is 0 Å². The summed E-state index contributed by atoms with van der Waals surface area (Å²) in [5, 5.41) is 0.579. The summed E-state index contributed by atoms with van der Waals surface area (Å²) in [4.78, 5) is 5.27. The fourth-order valence-electron chi connectivity index (χ4n) is 1.80. The van der Waals surface area contributed by atoms with E-state index in [4.69, 9.17) is 17.3 Å². The molecule has 0 aliphatic heterocycles. The molecule has 1 aromatic carbocycles. The highest BCUT2D eigenvalue weighted by Gasteiger charge is 2.31. The second-order valence-corrected chi connectivity index (χ2v) is 6.17. The molecule has 1 aromatic heterocycles. The van der Waals surface area contributed by atoms with Crippen molar-refractivity contribution in [2.24, 2.45) is 5.73 Å². The van der Waals surface area contributed by atoms with Gasteiger partial charge in [-0.15, -0.1) is 0 Å².